The van der Waals surface area contributed by atoms with Gasteiger partial charge in [-0.25, -0.2) is 4.79 Å². The van der Waals surface area contributed by atoms with Crippen molar-refractivity contribution in [3.05, 3.63) is 71.8 Å². The van der Waals surface area contributed by atoms with Crippen molar-refractivity contribution in [1.82, 2.24) is 10.2 Å². The molecule has 2 saturated carbocycles. The molecule has 4 N–H and O–H groups in total. The van der Waals surface area contributed by atoms with Crippen molar-refractivity contribution in [2.24, 2.45) is 11.7 Å². The minimum Gasteiger partial charge on any atom is -0.480 e. The number of esters is 1. The predicted molar refractivity (Wildman–Crippen MR) is 158 cm³/mol. The second-order valence-corrected chi connectivity index (χ2v) is 11.6. The van der Waals surface area contributed by atoms with Crippen molar-refractivity contribution < 1.29 is 24.2 Å². The van der Waals surface area contributed by atoms with E-state index in [1.807, 2.05) is 36.4 Å². The topological polar surface area (TPSA) is 122 Å². The van der Waals surface area contributed by atoms with Crippen LogP contribution in [0.25, 0.3) is 0 Å². The number of carbonyl (C=O) groups excluding carboxylic acids is 2. The molecule has 0 aromatic heterocycles. The van der Waals surface area contributed by atoms with Crippen LogP contribution in [0.4, 0.5) is 0 Å². The van der Waals surface area contributed by atoms with Gasteiger partial charge in [-0.15, -0.1) is 0 Å². The number of likely N-dealkylation sites (tertiary alicyclic amines) is 1. The number of fused-ring (bicyclic) bond motifs is 1. The molecule has 0 unspecified atom stereocenters. The van der Waals surface area contributed by atoms with Gasteiger partial charge >= 0.3 is 11.9 Å². The first kappa shape index (κ1) is 30.7. The summed E-state index contributed by atoms with van der Waals surface area (Å²) in [5, 5.41) is 12.9. The van der Waals surface area contributed by atoms with Crippen LogP contribution in [0.2, 0.25) is 0 Å². The Labute approximate surface area is 243 Å². The number of nitrogens with zero attached hydrogens (tertiary/aromatic N) is 1. The number of carboxylic acid groups (broad SMARTS) is 1. The SMILES string of the molecule is CCOC(=O)[C@H](CCc1ccccc1)N[C@@H](C)C(=O)N1[C@H](C(=O)O)C[C@H]2CCCC[C@@H]21.N[C@@H]1C[C@H]1c1ccccc1. The average molecular weight is 564 g/mol. The van der Waals surface area contributed by atoms with E-state index in [4.69, 9.17) is 10.5 Å². The smallest absolute Gasteiger partial charge is 0.326 e. The normalized spacial score (nSPS) is 26.1. The molecule has 2 aromatic rings. The van der Waals surface area contributed by atoms with Crippen molar-refractivity contribution in [2.45, 2.75) is 101 Å². The van der Waals surface area contributed by atoms with E-state index in [1.54, 1.807) is 18.7 Å². The van der Waals surface area contributed by atoms with Gasteiger partial charge in [0.05, 0.1) is 12.6 Å². The highest BCUT2D eigenvalue weighted by atomic mass is 16.5. The molecule has 0 radical (unpaired) electrons. The first-order valence-corrected chi connectivity index (χ1v) is 15.1. The molecule has 0 spiro atoms. The Morgan fingerprint density at radius 1 is 1.02 bits per heavy atom. The van der Waals surface area contributed by atoms with Crippen LogP contribution < -0.4 is 11.1 Å². The summed E-state index contributed by atoms with van der Waals surface area (Å²) in [6, 6.07) is 18.7. The number of hydrogen-bond acceptors (Lipinski definition) is 6. The molecule has 2 aromatic carbocycles. The first-order valence-electron chi connectivity index (χ1n) is 15.1. The van der Waals surface area contributed by atoms with Crippen molar-refractivity contribution >= 4 is 17.8 Å². The maximum Gasteiger partial charge on any atom is 0.326 e. The molecule has 2 aliphatic carbocycles. The number of aryl methyl sites for hydroxylation is 1. The van der Waals surface area contributed by atoms with Gasteiger partial charge < -0.3 is 20.5 Å². The fourth-order valence-electron chi connectivity index (χ4n) is 6.36. The lowest BCUT2D eigenvalue weighted by molar-refractivity contribution is -0.152. The number of rotatable bonds is 10. The van der Waals surface area contributed by atoms with E-state index >= 15 is 0 Å². The van der Waals surface area contributed by atoms with Gasteiger partial charge in [0.1, 0.15) is 12.1 Å². The second-order valence-electron chi connectivity index (χ2n) is 11.6. The molecule has 7 atom stereocenters. The molecule has 222 valence electrons. The fraction of sp³-hybridized carbons (Fsp3) is 0.545. The Kier molecular flexibility index (Phi) is 10.9. The lowest BCUT2D eigenvalue weighted by Crippen LogP contribution is -2.55. The van der Waals surface area contributed by atoms with E-state index in [1.165, 1.54) is 12.0 Å². The number of ether oxygens (including phenoxy) is 1. The molecule has 1 amide bonds. The fourth-order valence-corrected chi connectivity index (χ4v) is 6.36. The number of hydrogen-bond donors (Lipinski definition) is 3. The molecule has 3 fully saturated rings. The summed E-state index contributed by atoms with van der Waals surface area (Å²) in [5.41, 5.74) is 8.20. The van der Waals surface area contributed by atoms with Crippen LogP contribution in [-0.4, -0.2) is 64.7 Å². The van der Waals surface area contributed by atoms with Gasteiger partial charge in [-0.2, -0.15) is 0 Å². The van der Waals surface area contributed by atoms with Gasteiger partial charge in [-0.05, 0) is 69.4 Å². The highest BCUT2D eigenvalue weighted by Gasteiger charge is 2.48. The molecular formula is C33H45N3O5. The van der Waals surface area contributed by atoms with Gasteiger partial charge in [-0.1, -0.05) is 73.5 Å². The number of amides is 1. The van der Waals surface area contributed by atoms with Gasteiger partial charge in [0.2, 0.25) is 5.91 Å². The number of carboxylic acids is 1. The number of carbonyl (C=O) groups is 3. The third-order valence-corrected chi connectivity index (χ3v) is 8.65. The summed E-state index contributed by atoms with van der Waals surface area (Å²) in [6.45, 7) is 3.74. The lowest BCUT2D eigenvalue weighted by atomic mass is 9.84. The average Bonchev–Trinajstić information content (AvgIpc) is 3.59. The third-order valence-electron chi connectivity index (χ3n) is 8.65. The van der Waals surface area contributed by atoms with Gasteiger partial charge in [0.15, 0.2) is 0 Å². The second kappa shape index (κ2) is 14.6. The van der Waals surface area contributed by atoms with Crippen molar-refractivity contribution in [3.63, 3.8) is 0 Å². The molecule has 1 heterocycles. The summed E-state index contributed by atoms with van der Waals surface area (Å²) in [6.07, 6.45) is 6.79. The monoisotopic (exact) mass is 563 g/mol. The minimum absolute atomic E-state index is 0.0167. The van der Waals surface area contributed by atoms with E-state index in [-0.39, 0.29) is 30.4 Å². The molecule has 5 rings (SSSR count). The maximum absolute atomic E-state index is 13.4. The third kappa shape index (κ3) is 8.17. The van der Waals surface area contributed by atoms with E-state index in [0.717, 1.165) is 31.2 Å². The predicted octanol–water partition coefficient (Wildman–Crippen LogP) is 4.27. The number of nitrogens with two attached hydrogens (primary N) is 1. The van der Waals surface area contributed by atoms with E-state index < -0.39 is 24.1 Å². The molecule has 1 saturated heterocycles. The molecule has 0 bridgehead atoms. The quantitative estimate of drug-likeness (QED) is 0.369. The number of aliphatic carboxylic acids is 1. The van der Waals surface area contributed by atoms with Crippen molar-refractivity contribution in [1.29, 1.82) is 0 Å². The van der Waals surface area contributed by atoms with Crippen LogP contribution in [0.5, 0.6) is 0 Å². The van der Waals surface area contributed by atoms with Crippen LogP contribution in [0.3, 0.4) is 0 Å². The molecular weight excluding hydrogens is 518 g/mol. The van der Waals surface area contributed by atoms with E-state index in [9.17, 15) is 19.5 Å². The highest BCUT2D eigenvalue weighted by Crippen LogP contribution is 2.40. The highest BCUT2D eigenvalue weighted by molar-refractivity contribution is 5.88. The molecule has 41 heavy (non-hydrogen) atoms. The molecule has 3 aliphatic rings. The summed E-state index contributed by atoms with van der Waals surface area (Å²) < 4.78 is 5.22. The van der Waals surface area contributed by atoms with Crippen LogP contribution in [-0.2, 0) is 25.5 Å². The molecule has 8 nitrogen and oxygen atoms in total. The van der Waals surface area contributed by atoms with Crippen LogP contribution in [0.15, 0.2) is 60.7 Å². The Morgan fingerprint density at radius 3 is 2.27 bits per heavy atom. The van der Waals surface area contributed by atoms with Gasteiger partial charge in [0.25, 0.3) is 0 Å². The standard InChI is InChI=1S/C24H34N2O5.C9H11N/c1-3-31-24(30)19(14-13-17-9-5-4-6-10-17)25-16(2)22(27)26-20-12-8-7-11-18(20)15-21(26)23(28)29;10-9-6-8(9)7-4-2-1-3-5-7/h4-6,9-10,16,18-21,25H,3,7-8,11-15H2,1-2H3,(H,28,29);1-5,8-9H,6,10H2/t16-,18+,19-,20-,21-;8-,9+/m00/s1. The zero-order valence-corrected chi connectivity index (χ0v) is 24.3. The van der Waals surface area contributed by atoms with E-state index in [0.29, 0.717) is 31.2 Å². The van der Waals surface area contributed by atoms with Crippen molar-refractivity contribution in [2.75, 3.05) is 6.61 Å². The Bertz CT molecular complexity index is 1140. The Balaban J connectivity index is 0.000000322. The lowest BCUT2D eigenvalue weighted by Gasteiger charge is -2.35. The maximum atomic E-state index is 13.4. The van der Waals surface area contributed by atoms with Crippen LogP contribution >= 0.6 is 0 Å². The summed E-state index contributed by atoms with van der Waals surface area (Å²) >= 11 is 0. The largest absolute Gasteiger partial charge is 0.480 e. The van der Waals surface area contributed by atoms with Crippen LogP contribution in [0.1, 0.15) is 75.8 Å². The summed E-state index contributed by atoms with van der Waals surface area (Å²) in [7, 11) is 0. The van der Waals surface area contributed by atoms with Crippen LogP contribution in [0, 0.1) is 5.92 Å². The Hall–Kier alpha value is -3.23. The molecule has 1 aliphatic heterocycles. The van der Waals surface area contributed by atoms with Crippen molar-refractivity contribution in [3.8, 4) is 0 Å². The molecule has 8 heteroatoms. The van der Waals surface area contributed by atoms with Gasteiger partial charge in [0, 0.05) is 18.0 Å². The Morgan fingerprint density at radius 2 is 1.66 bits per heavy atom. The number of benzene rings is 2. The first-order chi connectivity index (χ1) is 19.8. The summed E-state index contributed by atoms with van der Waals surface area (Å²) in [5.74, 6) is -0.659. The number of nitrogens with one attached hydrogen (secondary N) is 1. The van der Waals surface area contributed by atoms with Gasteiger partial charge in [-0.3, -0.25) is 14.9 Å². The van der Waals surface area contributed by atoms with E-state index in [2.05, 4.69) is 29.6 Å². The zero-order chi connectivity index (χ0) is 29.4. The zero-order valence-electron chi connectivity index (χ0n) is 24.3. The summed E-state index contributed by atoms with van der Waals surface area (Å²) in [4.78, 5) is 39.3. The minimum atomic E-state index is -0.944.